The highest BCUT2D eigenvalue weighted by atomic mass is 16.2. The van der Waals surface area contributed by atoms with E-state index in [0.29, 0.717) is 11.4 Å². The van der Waals surface area contributed by atoms with Crippen LogP contribution in [-0.4, -0.2) is 41.2 Å². The van der Waals surface area contributed by atoms with Gasteiger partial charge in [-0.3, -0.25) is 24.6 Å². The largest absolute Gasteiger partial charge is 0.399 e. The Morgan fingerprint density at radius 3 is 2.57 bits per heavy atom. The summed E-state index contributed by atoms with van der Waals surface area (Å²) in [5, 5.41) is 4.97. The van der Waals surface area contributed by atoms with E-state index in [4.69, 9.17) is 5.73 Å². The van der Waals surface area contributed by atoms with Crippen molar-refractivity contribution in [3.63, 3.8) is 0 Å². The number of piperazine rings is 1. The highest BCUT2D eigenvalue weighted by Crippen LogP contribution is 2.18. The van der Waals surface area contributed by atoms with Gasteiger partial charge >= 0.3 is 0 Å². The third kappa shape index (κ3) is 3.38. The molecule has 1 aromatic carbocycles. The number of nitrogens with one attached hydrogen (secondary N) is 2. The standard InChI is InChI=1S/C14H18N4O3/c1-14(2)13(21)17-12(20)8-18(14)7-11(19)16-10-5-3-9(15)4-6-10/h3-6H,7-8,15H2,1-2H3,(H,16,19)(H,17,20,21). The molecule has 1 aromatic rings. The molecule has 1 aliphatic heterocycles. The monoisotopic (exact) mass is 290 g/mol. The van der Waals surface area contributed by atoms with E-state index in [2.05, 4.69) is 10.6 Å². The Kier molecular flexibility index (Phi) is 3.95. The smallest absolute Gasteiger partial charge is 0.246 e. The van der Waals surface area contributed by atoms with Crippen LogP contribution in [0.25, 0.3) is 0 Å². The Labute approximate surface area is 122 Å². The lowest BCUT2D eigenvalue weighted by Gasteiger charge is -2.39. The van der Waals surface area contributed by atoms with Gasteiger partial charge in [0.2, 0.25) is 17.7 Å². The molecular weight excluding hydrogens is 272 g/mol. The van der Waals surface area contributed by atoms with Crippen LogP contribution in [0, 0.1) is 0 Å². The fourth-order valence-electron chi connectivity index (χ4n) is 2.03. The summed E-state index contributed by atoms with van der Waals surface area (Å²) in [6.07, 6.45) is 0. The number of anilines is 2. The van der Waals surface area contributed by atoms with Gasteiger partial charge in [0.15, 0.2) is 0 Å². The van der Waals surface area contributed by atoms with Gasteiger partial charge in [0.25, 0.3) is 0 Å². The summed E-state index contributed by atoms with van der Waals surface area (Å²) in [6.45, 7) is 3.31. The van der Waals surface area contributed by atoms with Crippen molar-refractivity contribution >= 4 is 29.1 Å². The summed E-state index contributed by atoms with van der Waals surface area (Å²) in [5.74, 6) is -1.10. The number of hydrogen-bond acceptors (Lipinski definition) is 5. The average molecular weight is 290 g/mol. The minimum atomic E-state index is -0.910. The van der Waals surface area contributed by atoms with Crippen LogP contribution in [0.4, 0.5) is 11.4 Å². The predicted octanol–water partition coefficient (Wildman–Crippen LogP) is -0.0557. The maximum absolute atomic E-state index is 12.0. The SMILES string of the molecule is CC1(C)C(=O)NC(=O)CN1CC(=O)Nc1ccc(N)cc1. The molecule has 4 N–H and O–H groups in total. The highest BCUT2D eigenvalue weighted by molar-refractivity contribution is 6.04. The van der Waals surface area contributed by atoms with Crippen LogP contribution in [0.1, 0.15) is 13.8 Å². The molecule has 0 unspecified atom stereocenters. The second-order valence-electron chi connectivity index (χ2n) is 5.46. The van der Waals surface area contributed by atoms with Gasteiger partial charge in [-0.25, -0.2) is 0 Å². The van der Waals surface area contributed by atoms with Crippen molar-refractivity contribution in [3.8, 4) is 0 Å². The number of nitrogen functional groups attached to an aromatic ring is 1. The summed E-state index contributed by atoms with van der Waals surface area (Å²) < 4.78 is 0. The molecule has 0 aromatic heterocycles. The lowest BCUT2D eigenvalue weighted by molar-refractivity contribution is -0.145. The molecule has 0 aliphatic carbocycles. The maximum atomic E-state index is 12.0. The summed E-state index contributed by atoms with van der Waals surface area (Å²) in [4.78, 5) is 36.8. The molecule has 1 heterocycles. The van der Waals surface area contributed by atoms with Gasteiger partial charge in [-0.15, -0.1) is 0 Å². The van der Waals surface area contributed by atoms with E-state index in [1.54, 1.807) is 43.0 Å². The van der Waals surface area contributed by atoms with Crippen molar-refractivity contribution in [1.29, 1.82) is 0 Å². The topological polar surface area (TPSA) is 105 Å². The first-order chi connectivity index (χ1) is 9.79. The molecular formula is C14H18N4O3. The van der Waals surface area contributed by atoms with Gasteiger partial charge in [-0.05, 0) is 38.1 Å². The van der Waals surface area contributed by atoms with E-state index in [-0.39, 0.29) is 19.0 Å². The molecule has 1 saturated heterocycles. The number of imide groups is 1. The number of carbonyl (C=O) groups is 3. The van der Waals surface area contributed by atoms with E-state index in [1.165, 1.54) is 0 Å². The minimum absolute atomic E-state index is 0.00784. The van der Waals surface area contributed by atoms with Crippen molar-refractivity contribution in [2.24, 2.45) is 0 Å². The zero-order valence-corrected chi connectivity index (χ0v) is 12.0. The Hall–Kier alpha value is -2.41. The first-order valence-corrected chi connectivity index (χ1v) is 6.54. The molecule has 7 heteroatoms. The summed E-state index contributed by atoms with van der Waals surface area (Å²) >= 11 is 0. The lowest BCUT2D eigenvalue weighted by Crippen LogP contribution is -2.65. The van der Waals surface area contributed by atoms with Crippen molar-refractivity contribution < 1.29 is 14.4 Å². The van der Waals surface area contributed by atoms with Crippen LogP contribution in [0.3, 0.4) is 0 Å². The van der Waals surface area contributed by atoms with Crippen molar-refractivity contribution in [1.82, 2.24) is 10.2 Å². The molecule has 0 atom stereocenters. The number of amides is 3. The summed E-state index contributed by atoms with van der Waals surface area (Å²) in [7, 11) is 0. The number of nitrogens with zero attached hydrogens (tertiary/aromatic N) is 1. The van der Waals surface area contributed by atoms with Crippen LogP contribution >= 0.6 is 0 Å². The van der Waals surface area contributed by atoms with Crippen molar-refractivity contribution in [3.05, 3.63) is 24.3 Å². The van der Waals surface area contributed by atoms with E-state index in [1.807, 2.05) is 0 Å². The Morgan fingerprint density at radius 2 is 1.95 bits per heavy atom. The van der Waals surface area contributed by atoms with Gasteiger partial charge in [0.05, 0.1) is 18.6 Å². The van der Waals surface area contributed by atoms with Gasteiger partial charge in [0.1, 0.15) is 0 Å². The lowest BCUT2D eigenvalue weighted by atomic mass is 9.99. The fourth-order valence-corrected chi connectivity index (χ4v) is 2.03. The zero-order valence-electron chi connectivity index (χ0n) is 12.0. The van der Waals surface area contributed by atoms with Crippen LogP contribution in [0.2, 0.25) is 0 Å². The second-order valence-corrected chi connectivity index (χ2v) is 5.46. The first-order valence-electron chi connectivity index (χ1n) is 6.54. The molecule has 0 bridgehead atoms. The predicted molar refractivity (Wildman–Crippen MR) is 78.3 cm³/mol. The molecule has 1 aliphatic rings. The fraction of sp³-hybridized carbons (Fsp3) is 0.357. The summed E-state index contributed by atoms with van der Waals surface area (Å²) in [6, 6.07) is 6.73. The summed E-state index contributed by atoms with van der Waals surface area (Å²) in [5.41, 5.74) is 5.87. The molecule has 21 heavy (non-hydrogen) atoms. The average Bonchev–Trinajstić information content (AvgIpc) is 2.39. The van der Waals surface area contributed by atoms with Gasteiger partial charge < -0.3 is 11.1 Å². The van der Waals surface area contributed by atoms with E-state index in [9.17, 15) is 14.4 Å². The number of carbonyl (C=O) groups excluding carboxylic acids is 3. The van der Waals surface area contributed by atoms with E-state index < -0.39 is 17.4 Å². The molecule has 1 fully saturated rings. The molecule has 3 amide bonds. The van der Waals surface area contributed by atoms with E-state index in [0.717, 1.165) is 0 Å². The number of hydrogen-bond donors (Lipinski definition) is 3. The van der Waals surface area contributed by atoms with Crippen LogP contribution in [0.15, 0.2) is 24.3 Å². The van der Waals surface area contributed by atoms with E-state index >= 15 is 0 Å². The van der Waals surface area contributed by atoms with Crippen LogP contribution < -0.4 is 16.4 Å². The van der Waals surface area contributed by atoms with Gasteiger partial charge in [0, 0.05) is 11.4 Å². The van der Waals surface area contributed by atoms with Crippen molar-refractivity contribution in [2.75, 3.05) is 24.1 Å². The molecule has 0 radical (unpaired) electrons. The Balaban J connectivity index is 2.02. The Bertz CT molecular complexity index is 580. The van der Waals surface area contributed by atoms with Gasteiger partial charge in [-0.1, -0.05) is 0 Å². The van der Waals surface area contributed by atoms with Gasteiger partial charge in [-0.2, -0.15) is 0 Å². The molecule has 112 valence electrons. The third-order valence-electron chi connectivity index (χ3n) is 3.46. The first kappa shape index (κ1) is 15.0. The van der Waals surface area contributed by atoms with Crippen LogP contribution in [-0.2, 0) is 14.4 Å². The van der Waals surface area contributed by atoms with Crippen LogP contribution in [0.5, 0.6) is 0 Å². The highest BCUT2D eigenvalue weighted by Gasteiger charge is 2.41. The zero-order chi connectivity index (χ0) is 15.6. The molecule has 0 spiro atoms. The number of nitrogens with two attached hydrogens (primary N) is 1. The van der Waals surface area contributed by atoms with Crippen molar-refractivity contribution in [2.45, 2.75) is 19.4 Å². The quantitative estimate of drug-likeness (QED) is 0.534. The molecule has 7 nitrogen and oxygen atoms in total. The minimum Gasteiger partial charge on any atom is -0.399 e. The normalized spacial score (nSPS) is 18.2. The second kappa shape index (κ2) is 5.53. The number of rotatable bonds is 3. The third-order valence-corrected chi connectivity index (χ3v) is 3.46. The number of benzene rings is 1. The molecule has 0 saturated carbocycles. The Morgan fingerprint density at radius 1 is 1.33 bits per heavy atom. The maximum Gasteiger partial charge on any atom is 0.246 e. The molecule has 2 rings (SSSR count).